The number of benzene rings is 1. The summed E-state index contributed by atoms with van der Waals surface area (Å²) in [5, 5.41) is 9.20. The topological polar surface area (TPSA) is 63.6 Å². The quantitative estimate of drug-likeness (QED) is 0.0522. The molecule has 0 aliphatic carbocycles. The second-order valence-corrected chi connectivity index (χ2v) is 21.7. The van der Waals surface area contributed by atoms with E-state index in [1.807, 2.05) is 0 Å². The van der Waals surface area contributed by atoms with E-state index >= 15 is 0 Å². The molecule has 0 spiro atoms. The first-order valence-corrected chi connectivity index (χ1v) is 31.1. The average molecular weight is 952 g/mol. The highest BCUT2D eigenvalue weighted by atomic mass is 16.5. The predicted octanol–water partition coefficient (Wildman–Crippen LogP) is 21.7. The minimum atomic E-state index is -0.930. The van der Waals surface area contributed by atoms with Crippen molar-refractivity contribution in [3.05, 3.63) is 34.4 Å². The maximum Gasteiger partial charge on any atom is 0.338 e. The number of carbonyl (C=O) groups is 2. The lowest BCUT2D eigenvalue weighted by molar-refractivity contribution is -0.137. The molecule has 68 heavy (non-hydrogen) atoms. The lowest BCUT2D eigenvalue weighted by Crippen LogP contribution is -2.12. The number of hydrogen-bond acceptors (Lipinski definition) is 3. The number of carboxylic acids is 1. The highest BCUT2D eigenvalue weighted by Gasteiger charge is 2.17. The van der Waals surface area contributed by atoms with Crippen LogP contribution in [-0.4, -0.2) is 23.7 Å². The fourth-order valence-corrected chi connectivity index (χ4v) is 10.6. The Hall–Kier alpha value is -1.84. The summed E-state index contributed by atoms with van der Waals surface area (Å²) < 4.78 is 5.53. The Morgan fingerprint density at radius 2 is 0.559 bits per heavy atom. The zero-order valence-corrected chi connectivity index (χ0v) is 46.3. The van der Waals surface area contributed by atoms with Crippen LogP contribution in [0.1, 0.15) is 362 Å². The van der Waals surface area contributed by atoms with Gasteiger partial charge in [-0.15, -0.1) is 0 Å². The van der Waals surface area contributed by atoms with Crippen molar-refractivity contribution in [1.82, 2.24) is 0 Å². The van der Waals surface area contributed by atoms with Crippen molar-refractivity contribution in [1.29, 1.82) is 0 Å². The fraction of sp³-hybridized carbons (Fsp3) is 0.875. The van der Waals surface area contributed by atoms with Crippen molar-refractivity contribution in [3.63, 3.8) is 0 Å². The van der Waals surface area contributed by atoms with E-state index in [4.69, 9.17) is 4.74 Å². The van der Waals surface area contributed by atoms with Gasteiger partial charge in [-0.1, -0.05) is 310 Å². The number of hydrogen-bond donors (Lipinski definition) is 1. The monoisotopic (exact) mass is 951 g/mol. The van der Waals surface area contributed by atoms with Crippen LogP contribution in [0.3, 0.4) is 0 Å². The van der Waals surface area contributed by atoms with Crippen molar-refractivity contribution < 1.29 is 19.4 Å². The summed E-state index contributed by atoms with van der Waals surface area (Å²) in [5.74, 6) is -1.29. The molecular formula is C64H118O4. The first-order valence-electron chi connectivity index (χ1n) is 31.1. The first-order chi connectivity index (χ1) is 33.5. The number of ether oxygens (including phenoxy) is 1. The third-order valence-corrected chi connectivity index (χ3v) is 15.1. The molecule has 1 aromatic rings. The van der Waals surface area contributed by atoms with Gasteiger partial charge < -0.3 is 9.84 Å². The summed E-state index contributed by atoms with van der Waals surface area (Å²) in [5.41, 5.74) is 4.86. The predicted molar refractivity (Wildman–Crippen MR) is 299 cm³/mol. The van der Waals surface area contributed by atoms with Gasteiger partial charge in [0.1, 0.15) is 6.61 Å². The van der Waals surface area contributed by atoms with E-state index in [-0.39, 0.29) is 19.0 Å². The molecule has 1 aromatic carbocycles. The second kappa shape index (κ2) is 51.5. The van der Waals surface area contributed by atoms with Gasteiger partial charge in [0.05, 0.1) is 12.0 Å². The van der Waals surface area contributed by atoms with Gasteiger partial charge in [0.2, 0.25) is 0 Å². The standard InChI is InChI=1S/C64H118O4/c1-4-7-10-13-16-19-22-25-28-31-34-37-40-43-46-49-52-59-57-61(64(67)68-56-55-63(65)66)58-60(53-50-47-44-41-38-35-32-29-26-23-20-17-14-11-8-5-2)62(59)54-51-48-45-42-39-36-33-30-27-24-21-18-15-12-9-6-3/h57-58H,4-56H2,1-3H3,(H,65,66). The van der Waals surface area contributed by atoms with E-state index in [0.29, 0.717) is 5.56 Å². The van der Waals surface area contributed by atoms with Crippen LogP contribution in [0.2, 0.25) is 0 Å². The number of unbranched alkanes of at least 4 members (excludes halogenated alkanes) is 45. The molecule has 1 N–H and O–H groups in total. The maximum atomic E-state index is 13.4. The molecule has 0 fully saturated rings. The molecule has 0 aromatic heterocycles. The average Bonchev–Trinajstić information content (AvgIpc) is 3.33. The molecule has 0 saturated carbocycles. The zero-order valence-electron chi connectivity index (χ0n) is 46.3. The van der Waals surface area contributed by atoms with Crippen molar-refractivity contribution in [2.24, 2.45) is 0 Å². The highest BCUT2D eigenvalue weighted by molar-refractivity contribution is 5.90. The van der Waals surface area contributed by atoms with Crippen LogP contribution >= 0.6 is 0 Å². The van der Waals surface area contributed by atoms with Crippen LogP contribution in [0.15, 0.2) is 12.1 Å². The van der Waals surface area contributed by atoms with Crippen molar-refractivity contribution >= 4 is 11.9 Å². The van der Waals surface area contributed by atoms with E-state index in [9.17, 15) is 14.7 Å². The summed E-state index contributed by atoms with van der Waals surface area (Å²) in [7, 11) is 0. The summed E-state index contributed by atoms with van der Waals surface area (Å²) in [6, 6.07) is 4.26. The zero-order chi connectivity index (χ0) is 49.1. The Labute approximate surface area is 425 Å². The molecule has 0 aliphatic rings. The third kappa shape index (κ3) is 41.9. The summed E-state index contributed by atoms with van der Waals surface area (Å²) in [6.45, 7) is 6.83. The number of aliphatic carboxylic acids is 1. The Balaban J connectivity index is 2.69. The number of carbonyl (C=O) groups excluding carboxylic acids is 1. The molecule has 0 heterocycles. The van der Waals surface area contributed by atoms with E-state index in [0.717, 1.165) is 19.3 Å². The van der Waals surface area contributed by atoms with Crippen LogP contribution in [0.4, 0.5) is 0 Å². The number of esters is 1. The summed E-state index contributed by atoms with van der Waals surface area (Å²) in [4.78, 5) is 24.6. The minimum absolute atomic E-state index is 0.0714. The van der Waals surface area contributed by atoms with Crippen LogP contribution in [0.5, 0.6) is 0 Å². The number of rotatable bonds is 55. The van der Waals surface area contributed by atoms with E-state index in [1.165, 1.54) is 325 Å². The molecule has 0 aliphatic heterocycles. The van der Waals surface area contributed by atoms with Crippen molar-refractivity contribution in [3.8, 4) is 0 Å². The Morgan fingerprint density at radius 3 is 0.794 bits per heavy atom. The molecule has 0 atom stereocenters. The normalized spacial score (nSPS) is 11.5. The maximum absolute atomic E-state index is 13.4. The highest BCUT2D eigenvalue weighted by Crippen LogP contribution is 2.27. The molecule has 0 amide bonds. The molecule has 0 radical (unpaired) electrons. The lowest BCUT2D eigenvalue weighted by Gasteiger charge is -2.18. The Bertz CT molecular complexity index is 1170. The van der Waals surface area contributed by atoms with Gasteiger partial charge >= 0.3 is 11.9 Å². The molecule has 398 valence electrons. The fourth-order valence-electron chi connectivity index (χ4n) is 10.6. The summed E-state index contributed by atoms with van der Waals surface area (Å²) in [6.07, 6.45) is 69.0. The number of carboxylic acid groups (broad SMARTS) is 1. The molecular weight excluding hydrogens is 833 g/mol. The molecule has 0 unspecified atom stereocenters. The SMILES string of the molecule is CCCCCCCCCCCCCCCCCCc1cc(C(=O)OCCC(=O)O)cc(CCCCCCCCCCCCCCCCCC)c1CCCCCCCCCCCCCCCCCC. The summed E-state index contributed by atoms with van der Waals surface area (Å²) >= 11 is 0. The van der Waals surface area contributed by atoms with Crippen LogP contribution in [-0.2, 0) is 28.8 Å². The Morgan fingerprint density at radius 1 is 0.338 bits per heavy atom. The molecule has 0 saturated heterocycles. The van der Waals surface area contributed by atoms with Gasteiger partial charge in [-0.05, 0) is 67.3 Å². The van der Waals surface area contributed by atoms with Gasteiger partial charge in [0, 0.05) is 0 Å². The lowest BCUT2D eigenvalue weighted by atomic mass is 9.88. The second-order valence-electron chi connectivity index (χ2n) is 21.7. The van der Waals surface area contributed by atoms with E-state index in [1.54, 1.807) is 0 Å². The first kappa shape index (κ1) is 64.2. The van der Waals surface area contributed by atoms with Crippen molar-refractivity contribution in [2.45, 2.75) is 355 Å². The van der Waals surface area contributed by atoms with E-state index in [2.05, 4.69) is 32.9 Å². The van der Waals surface area contributed by atoms with Gasteiger partial charge in [-0.3, -0.25) is 4.79 Å². The third-order valence-electron chi connectivity index (χ3n) is 15.1. The molecule has 1 rings (SSSR count). The van der Waals surface area contributed by atoms with Crippen LogP contribution in [0.25, 0.3) is 0 Å². The smallest absolute Gasteiger partial charge is 0.338 e. The van der Waals surface area contributed by atoms with E-state index < -0.39 is 5.97 Å². The van der Waals surface area contributed by atoms with Crippen molar-refractivity contribution in [2.75, 3.05) is 6.61 Å². The Kier molecular flexibility index (Phi) is 48.6. The molecule has 0 bridgehead atoms. The molecule has 4 nitrogen and oxygen atoms in total. The largest absolute Gasteiger partial charge is 0.481 e. The van der Waals surface area contributed by atoms with Gasteiger partial charge in [-0.2, -0.15) is 0 Å². The number of aryl methyl sites for hydroxylation is 2. The minimum Gasteiger partial charge on any atom is -0.481 e. The van der Waals surface area contributed by atoms with Crippen LogP contribution in [0, 0.1) is 0 Å². The van der Waals surface area contributed by atoms with Crippen LogP contribution < -0.4 is 0 Å². The van der Waals surface area contributed by atoms with Gasteiger partial charge in [0.25, 0.3) is 0 Å². The van der Waals surface area contributed by atoms with Gasteiger partial charge in [-0.25, -0.2) is 4.79 Å². The molecule has 4 heteroatoms. The van der Waals surface area contributed by atoms with Gasteiger partial charge in [0.15, 0.2) is 0 Å².